The summed E-state index contributed by atoms with van der Waals surface area (Å²) in [6.45, 7) is 4.59. The number of rotatable bonds is 8. The number of fused-ring (bicyclic) bond motifs is 1. The van der Waals surface area contributed by atoms with E-state index in [1.54, 1.807) is 0 Å². The van der Waals surface area contributed by atoms with Gasteiger partial charge in [0.05, 0.1) is 17.8 Å². The topological polar surface area (TPSA) is 123 Å². The van der Waals surface area contributed by atoms with Crippen molar-refractivity contribution in [1.29, 1.82) is 0 Å². The molecule has 4 aromatic rings. The van der Waals surface area contributed by atoms with Gasteiger partial charge >= 0.3 is 0 Å². The Bertz CT molecular complexity index is 1850. The Morgan fingerprint density at radius 1 is 1.00 bits per heavy atom. The fourth-order valence-corrected chi connectivity index (χ4v) is 7.16. The molecule has 3 aliphatic heterocycles. The Labute approximate surface area is 267 Å². The maximum absolute atomic E-state index is 14.5. The zero-order valence-corrected chi connectivity index (χ0v) is 26.2. The molecule has 11 heteroatoms. The SMILES string of the molecule is CCCc1c(Cc2ccc(-c3ccccc3)c(C3=NNC(=O)C3)c2)c(=O)n(C2CCN(C(=O)C3CCOCC3)CC2)c2ncnn12. The van der Waals surface area contributed by atoms with Crippen molar-refractivity contribution in [2.24, 2.45) is 11.0 Å². The standard InChI is InChI=1S/C35H39N7O4/c1-2-6-31-29(20-23-9-10-27(24-7-4-3-5-8-24)28(19-23)30-21-32(43)39-38-30)34(45)41(35-36-22-37-42(31)35)26-11-15-40(16-12-26)33(44)25-13-17-46-18-14-25/h3-5,7-10,19,22,25-26H,2,6,11-18,20-21H2,1H3,(H,39,43). The minimum atomic E-state index is -0.135. The predicted molar refractivity (Wildman–Crippen MR) is 174 cm³/mol. The number of hydrazone groups is 1. The highest BCUT2D eigenvalue weighted by Crippen LogP contribution is 2.30. The van der Waals surface area contributed by atoms with E-state index in [0.717, 1.165) is 47.2 Å². The summed E-state index contributed by atoms with van der Waals surface area (Å²) >= 11 is 0. The summed E-state index contributed by atoms with van der Waals surface area (Å²) in [4.78, 5) is 46.4. The van der Waals surface area contributed by atoms with Gasteiger partial charge < -0.3 is 9.64 Å². The number of carbonyl (C=O) groups is 2. The van der Waals surface area contributed by atoms with Crippen LogP contribution < -0.4 is 11.0 Å². The molecule has 2 aromatic heterocycles. The first-order valence-corrected chi connectivity index (χ1v) is 16.4. The fourth-order valence-electron chi connectivity index (χ4n) is 7.16. The van der Waals surface area contributed by atoms with E-state index in [1.807, 2.05) is 44.3 Å². The van der Waals surface area contributed by atoms with Crippen molar-refractivity contribution in [3.05, 3.63) is 87.6 Å². The van der Waals surface area contributed by atoms with E-state index in [4.69, 9.17) is 4.74 Å². The van der Waals surface area contributed by atoms with Crippen LogP contribution in [0.1, 0.15) is 73.9 Å². The number of nitrogens with zero attached hydrogens (tertiary/aromatic N) is 6. The number of hydrogen-bond acceptors (Lipinski definition) is 7. The molecule has 1 N–H and O–H groups in total. The molecular weight excluding hydrogens is 582 g/mol. The zero-order valence-electron chi connectivity index (χ0n) is 26.2. The number of amides is 2. The lowest BCUT2D eigenvalue weighted by atomic mass is 9.91. The molecule has 5 heterocycles. The number of aromatic nitrogens is 4. The first-order valence-electron chi connectivity index (χ1n) is 16.4. The molecule has 7 rings (SSSR count). The van der Waals surface area contributed by atoms with Gasteiger partial charge in [-0.25, -0.2) is 9.94 Å². The van der Waals surface area contributed by atoms with Gasteiger partial charge in [0.2, 0.25) is 17.6 Å². The van der Waals surface area contributed by atoms with Gasteiger partial charge in [0.15, 0.2) is 0 Å². The van der Waals surface area contributed by atoms with Crippen LogP contribution >= 0.6 is 0 Å². The summed E-state index contributed by atoms with van der Waals surface area (Å²) in [7, 11) is 0. The highest BCUT2D eigenvalue weighted by atomic mass is 16.5. The number of carbonyl (C=O) groups excluding carboxylic acids is 2. The maximum atomic E-state index is 14.5. The van der Waals surface area contributed by atoms with Crippen LogP contribution in [0.4, 0.5) is 0 Å². The quantitative estimate of drug-likeness (QED) is 0.318. The average molecular weight is 622 g/mol. The Morgan fingerprint density at radius 3 is 2.50 bits per heavy atom. The molecular formula is C35H39N7O4. The van der Waals surface area contributed by atoms with Crippen LogP contribution in [0.25, 0.3) is 16.9 Å². The predicted octanol–water partition coefficient (Wildman–Crippen LogP) is 3.92. The number of piperidine rings is 1. The molecule has 0 radical (unpaired) electrons. The minimum absolute atomic E-state index is 0.0263. The van der Waals surface area contributed by atoms with Crippen LogP contribution in [0, 0.1) is 5.92 Å². The van der Waals surface area contributed by atoms with E-state index < -0.39 is 0 Å². The van der Waals surface area contributed by atoms with Crippen LogP contribution in [-0.4, -0.2) is 67.9 Å². The summed E-state index contributed by atoms with van der Waals surface area (Å²) in [5, 5.41) is 8.93. The summed E-state index contributed by atoms with van der Waals surface area (Å²) in [5.41, 5.74) is 8.63. The molecule has 238 valence electrons. The highest BCUT2D eigenvalue weighted by molar-refractivity contribution is 6.16. The average Bonchev–Trinajstić information content (AvgIpc) is 3.76. The van der Waals surface area contributed by atoms with E-state index in [2.05, 4.69) is 45.7 Å². The molecule has 11 nitrogen and oxygen atoms in total. The Kier molecular flexibility index (Phi) is 8.49. The lowest BCUT2D eigenvalue weighted by Crippen LogP contribution is -2.45. The lowest BCUT2D eigenvalue weighted by Gasteiger charge is -2.36. The van der Waals surface area contributed by atoms with E-state index >= 15 is 0 Å². The third-order valence-electron chi connectivity index (χ3n) is 9.53. The zero-order chi connectivity index (χ0) is 31.6. The van der Waals surface area contributed by atoms with Crippen LogP contribution in [0.15, 0.2) is 64.8 Å². The maximum Gasteiger partial charge on any atom is 0.259 e. The minimum Gasteiger partial charge on any atom is -0.381 e. The van der Waals surface area contributed by atoms with E-state index in [1.165, 1.54) is 6.33 Å². The van der Waals surface area contributed by atoms with Gasteiger partial charge in [-0.1, -0.05) is 55.8 Å². The molecule has 0 saturated carbocycles. The Hall–Kier alpha value is -4.64. The summed E-state index contributed by atoms with van der Waals surface area (Å²) in [6, 6.07) is 16.1. The van der Waals surface area contributed by atoms with Crippen molar-refractivity contribution in [3.8, 4) is 11.1 Å². The summed E-state index contributed by atoms with van der Waals surface area (Å²) < 4.78 is 9.11. The monoisotopic (exact) mass is 621 g/mol. The molecule has 2 aromatic carbocycles. The number of nitrogens with one attached hydrogen (secondary N) is 1. The normalized spacial score (nSPS) is 17.8. The van der Waals surface area contributed by atoms with Crippen molar-refractivity contribution in [2.75, 3.05) is 26.3 Å². The Morgan fingerprint density at radius 2 is 1.78 bits per heavy atom. The van der Waals surface area contributed by atoms with Crippen molar-refractivity contribution in [1.82, 2.24) is 29.5 Å². The molecule has 0 atom stereocenters. The van der Waals surface area contributed by atoms with Gasteiger partial charge in [0.1, 0.15) is 6.33 Å². The van der Waals surface area contributed by atoms with E-state index in [0.29, 0.717) is 69.0 Å². The van der Waals surface area contributed by atoms with Gasteiger partial charge in [0.25, 0.3) is 5.56 Å². The highest BCUT2D eigenvalue weighted by Gasteiger charge is 2.32. The number of benzene rings is 2. The van der Waals surface area contributed by atoms with Gasteiger partial charge in [-0.05, 0) is 54.9 Å². The van der Waals surface area contributed by atoms with Crippen molar-refractivity contribution < 1.29 is 14.3 Å². The number of aryl methyl sites for hydroxylation is 1. The molecule has 0 aliphatic carbocycles. The second-order valence-electron chi connectivity index (χ2n) is 12.5. The van der Waals surface area contributed by atoms with Crippen LogP contribution in [0.2, 0.25) is 0 Å². The number of likely N-dealkylation sites (tertiary alicyclic amines) is 1. The first kappa shape index (κ1) is 30.0. The molecule has 0 spiro atoms. The number of ether oxygens (including phenoxy) is 1. The van der Waals surface area contributed by atoms with Gasteiger partial charge in [-0.3, -0.25) is 19.0 Å². The molecule has 0 bridgehead atoms. The van der Waals surface area contributed by atoms with E-state index in [9.17, 15) is 14.4 Å². The van der Waals surface area contributed by atoms with Crippen LogP contribution in [0.3, 0.4) is 0 Å². The molecule has 46 heavy (non-hydrogen) atoms. The van der Waals surface area contributed by atoms with Gasteiger partial charge in [-0.2, -0.15) is 15.2 Å². The van der Waals surface area contributed by atoms with Crippen molar-refractivity contribution >= 4 is 23.3 Å². The fraction of sp³-hybridized carbons (Fsp3) is 0.429. The molecule has 3 aliphatic rings. The molecule has 0 unspecified atom stereocenters. The first-order chi connectivity index (χ1) is 22.5. The van der Waals surface area contributed by atoms with Crippen molar-refractivity contribution in [2.45, 2.75) is 64.3 Å². The third-order valence-corrected chi connectivity index (χ3v) is 9.53. The van der Waals surface area contributed by atoms with Gasteiger partial charge in [-0.15, -0.1) is 0 Å². The molecule has 2 saturated heterocycles. The number of hydrogen-bond donors (Lipinski definition) is 1. The van der Waals surface area contributed by atoms with Crippen LogP contribution in [0.5, 0.6) is 0 Å². The second-order valence-corrected chi connectivity index (χ2v) is 12.5. The lowest BCUT2D eigenvalue weighted by molar-refractivity contribution is -0.139. The van der Waals surface area contributed by atoms with Crippen LogP contribution in [-0.2, 0) is 27.2 Å². The van der Waals surface area contributed by atoms with Crippen molar-refractivity contribution in [3.63, 3.8) is 0 Å². The Balaban J connectivity index is 1.24. The third kappa shape index (κ3) is 5.75. The molecule has 2 fully saturated rings. The largest absolute Gasteiger partial charge is 0.381 e. The van der Waals surface area contributed by atoms with E-state index in [-0.39, 0.29) is 35.8 Å². The second kappa shape index (κ2) is 13.0. The molecule has 2 amide bonds. The summed E-state index contributed by atoms with van der Waals surface area (Å²) in [5.74, 6) is 0.652. The van der Waals surface area contributed by atoms with Gasteiger partial charge in [0, 0.05) is 55.8 Å². The smallest absolute Gasteiger partial charge is 0.259 e. The summed E-state index contributed by atoms with van der Waals surface area (Å²) in [6.07, 6.45) is 6.57.